The number of pyridine rings is 1. The van der Waals surface area contributed by atoms with Crippen LogP contribution in [0.5, 0.6) is 11.6 Å². The zero-order valence-corrected chi connectivity index (χ0v) is 13.0. The highest BCUT2D eigenvalue weighted by Crippen LogP contribution is 2.36. The number of hydrogen-bond acceptors (Lipinski definition) is 3. The fourth-order valence-corrected chi connectivity index (χ4v) is 2.07. The molecular weight excluding hydrogens is 345 g/mol. The quantitative estimate of drug-likeness (QED) is 0.732. The highest BCUT2D eigenvalue weighted by molar-refractivity contribution is 6.43. The van der Waals surface area contributed by atoms with E-state index in [1.54, 1.807) is 6.92 Å². The molecule has 0 aliphatic heterocycles. The van der Waals surface area contributed by atoms with E-state index in [1.807, 2.05) is 0 Å². The number of benzene rings is 1. The van der Waals surface area contributed by atoms with E-state index in [0.717, 1.165) is 0 Å². The zero-order valence-electron chi connectivity index (χ0n) is 10.7. The van der Waals surface area contributed by atoms with Crippen molar-refractivity contribution in [1.29, 1.82) is 0 Å². The Kier molecular flexibility index (Phi) is 5.08. The second kappa shape index (κ2) is 6.64. The number of rotatable bonds is 4. The van der Waals surface area contributed by atoms with Gasteiger partial charge in [-0.05, 0) is 13.0 Å². The maximum absolute atomic E-state index is 13.7. The SMILES string of the molecule is CCNc1nc(Oc2cc(Cl)c(Cl)cc2Cl)c(F)cc1F. The minimum Gasteiger partial charge on any atom is -0.435 e. The van der Waals surface area contributed by atoms with Crippen molar-refractivity contribution in [2.45, 2.75) is 6.92 Å². The molecule has 2 rings (SSSR count). The predicted molar refractivity (Wildman–Crippen MR) is 79.9 cm³/mol. The summed E-state index contributed by atoms with van der Waals surface area (Å²) in [6.07, 6.45) is 0. The largest absolute Gasteiger partial charge is 0.435 e. The van der Waals surface area contributed by atoms with E-state index in [9.17, 15) is 8.78 Å². The molecule has 0 atom stereocenters. The maximum atomic E-state index is 13.7. The molecule has 0 spiro atoms. The molecule has 0 radical (unpaired) electrons. The van der Waals surface area contributed by atoms with E-state index in [0.29, 0.717) is 12.6 Å². The third kappa shape index (κ3) is 3.67. The summed E-state index contributed by atoms with van der Waals surface area (Å²) in [7, 11) is 0. The highest BCUT2D eigenvalue weighted by Gasteiger charge is 2.16. The highest BCUT2D eigenvalue weighted by atomic mass is 35.5. The molecule has 0 aliphatic carbocycles. The summed E-state index contributed by atoms with van der Waals surface area (Å²) in [4.78, 5) is 3.73. The van der Waals surface area contributed by atoms with Crippen molar-refractivity contribution in [3.63, 3.8) is 0 Å². The molecule has 8 heteroatoms. The van der Waals surface area contributed by atoms with Gasteiger partial charge in [0, 0.05) is 18.7 Å². The van der Waals surface area contributed by atoms with Gasteiger partial charge in [-0.25, -0.2) is 8.78 Å². The number of nitrogens with zero attached hydrogens (tertiary/aromatic N) is 1. The summed E-state index contributed by atoms with van der Waals surface area (Å²) in [6.45, 7) is 2.17. The Balaban J connectivity index is 2.39. The molecule has 0 fully saturated rings. The monoisotopic (exact) mass is 352 g/mol. The molecule has 0 saturated carbocycles. The second-order valence-corrected chi connectivity index (χ2v) is 5.16. The van der Waals surface area contributed by atoms with Gasteiger partial charge in [-0.15, -0.1) is 0 Å². The van der Waals surface area contributed by atoms with Gasteiger partial charge in [0.25, 0.3) is 5.88 Å². The van der Waals surface area contributed by atoms with E-state index >= 15 is 0 Å². The van der Waals surface area contributed by atoms with Crippen LogP contribution in [-0.2, 0) is 0 Å². The fourth-order valence-electron chi connectivity index (χ4n) is 1.50. The Morgan fingerprint density at radius 3 is 2.38 bits per heavy atom. The summed E-state index contributed by atoms with van der Waals surface area (Å²) < 4.78 is 32.4. The molecule has 2 aromatic rings. The molecule has 1 N–H and O–H groups in total. The van der Waals surface area contributed by atoms with Gasteiger partial charge in [-0.1, -0.05) is 34.8 Å². The van der Waals surface area contributed by atoms with Gasteiger partial charge in [-0.2, -0.15) is 4.98 Å². The lowest BCUT2D eigenvalue weighted by Crippen LogP contribution is -2.04. The Morgan fingerprint density at radius 1 is 1.05 bits per heavy atom. The van der Waals surface area contributed by atoms with Crippen molar-refractivity contribution in [1.82, 2.24) is 4.98 Å². The van der Waals surface area contributed by atoms with Crippen molar-refractivity contribution in [2.24, 2.45) is 0 Å². The summed E-state index contributed by atoms with van der Waals surface area (Å²) in [5.41, 5.74) is 0. The maximum Gasteiger partial charge on any atom is 0.258 e. The second-order valence-electron chi connectivity index (χ2n) is 3.93. The van der Waals surface area contributed by atoms with Crippen molar-refractivity contribution in [2.75, 3.05) is 11.9 Å². The molecule has 3 nitrogen and oxygen atoms in total. The van der Waals surface area contributed by atoms with E-state index < -0.39 is 17.5 Å². The Morgan fingerprint density at radius 2 is 1.71 bits per heavy atom. The molecule has 1 aromatic carbocycles. The zero-order chi connectivity index (χ0) is 15.6. The summed E-state index contributed by atoms with van der Waals surface area (Å²) >= 11 is 17.6. The third-order valence-corrected chi connectivity index (χ3v) is 3.44. The van der Waals surface area contributed by atoms with Crippen LogP contribution in [0.2, 0.25) is 15.1 Å². The van der Waals surface area contributed by atoms with Crippen molar-refractivity contribution >= 4 is 40.6 Å². The van der Waals surface area contributed by atoms with E-state index in [1.165, 1.54) is 12.1 Å². The van der Waals surface area contributed by atoms with Crippen molar-refractivity contribution in [3.8, 4) is 11.6 Å². The summed E-state index contributed by atoms with van der Waals surface area (Å²) in [5.74, 6) is -2.26. The van der Waals surface area contributed by atoms with Gasteiger partial charge in [0.15, 0.2) is 17.5 Å². The first kappa shape index (κ1) is 16.1. The van der Waals surface area contributed by atoms with Crippen LogP contribution in [0.3, 0.4) is 0 Å². The number of anilines is 1. The fraction of sp³-hybridized carbons (Fsp3) is 0.154. The van der Waals surface area contributed by atoms with Gasteiger partial charge < -0.3 is 10.1 Å². The average Bonchev–Trinajstić information content (AvgIpc) is 2.41. The number of hydrogen-bond donors (Lipinski definition) is 1. The number of nitrogens with one attached hydrogen (secondary N) is 1. The van der Waals surface area contributed by atoms with E-state index in [2.05, 4.69) is 10.3 Å². The Bertz CT molecular complexity index is 683. The normalized spacial score (nSPS) is 10.6. The van der Waals surface area contributed by atoms with Crippen LogP contribution < -0.4 is 10.1 Å². The molecule has 0 saturated heterocycles. The van der Waals surface area contributed by atoms with Crippen LogP contribution in [0.25, 0.3) is 0 Å². The lowest BCUT2D eigenvalue weighted by atomic mass is 10.3. The first-order chi connectivity index (χ1) is 9.92. The van der Waals surface area contributed by atoms with Crippen LogP contribution in [0.15, 0.2) is 18.2 Å². The molecule has 0 unspecified atom stereocenters. The van der Waals surface area contributed by atoms with E-state index in [-0.39, 0.29) is 26.6 Å². The first-order valence-corrected chi connectivity index (χ1v) is 6.98. The summed E-state index contributed by atoms with van der Waals surface area (Å²) in [5, 5.41) is 3.19. The van der Waals surface area contributed by atoms with E-state index in [4.69, 9.17) is 39.5 Å². The third-order valence-electron chi connectivity index (χ3n) is 2.42. The molecule has 1 heterocycles. The lowest BCUT2D eigenvalue weighted by molar-refractivity contribution is 0.418. The van der Waals surface area contributed by atoms with Crippen molar-refractivity contribution in [3.05, 3.63) is 44.9 Å². The van der Waals surface area contributed by atoms with Crippen molar-refractivity contribution < 1.29 is 13.5 Å². The first-order valence-electron chi connectivity index (χ1n) is 5.84. The van der Waals surface area contributed by atoms with Gasteiger partial charge in [-0.3, -0.25) is 0 Å². The standard InChI is InChI=1S/C13H9Cl3F2N2O/c1-2-19-12-9(17)5-10(18)13(20-12)21-11-4-7(15)6(14)3-8(11)16/h3-5H,2H2,1H3,(H,19,20). The van der Waals surface area contributed by atoms with Gasteiger partial charge >= 0.3 is 0 Å². The van der Waals surface area contributed by atoms with Crippen LogP contribution in [0.1, 0.15) is 6.92 Å². The molecule has 0 aliphatic rings. The topological polar surface area (TPSA) is 34.2 Å². The molecular formula is C13H9Cl3F2N2O. The number of ether oxygens (including phenoxy) is 1. The lowest BCUT2D eigenvalue weighted by Gasteiger charge is -2.11. The van der Waals surface area contributed by atoms with Gasteiger partial charge in [0.2, 0.25) is 0 Å². The van der Waals surface area contributed by atoms with Gasteiger partial charge in [0.05, 0.1) is 15.1 Å². The van der Waals surface area contributed by atoms with Crippen LogP contribution in [0.4, 0.5) is 14.6 Å². The molecule has 112 valence electrons. The van der Waals surface area contributed by atoms with Crippen LogP contribution in [0, 0.1) is 11.6 Å². The number of aromatic nitrogens is 1. The summed E-state index contributed by atoms with van der Waals surface area (Å²) in [6, 6.07) is 3.35. The average molecular weight is 354 g/mol. The molecule has 0 bridgehead atoms. The Hall–Kier alpha value is -1.30. The smallest absolute Gasteiger partial charge is 0.258 e. The number of halogens is 5. The van der Waals surface area contributed by atoms with Gasteiger partial charge in [0.1, 0.15) is 5.75 Å². The minimum absolute atomic E-state index is 0.0616. The molecule has 1 aromatic heterocycles. The molecule has 0 amide bonds. The molecule has 21 heavy (non-hydrogen) atoms. The minimum atomic E-state index is -0.962. The Labute approximate surface area is 134 Å². The van der Waals surface area contributed by atoms with Crippen LogP contribution in [-0.4, -0.2) is 11.5 Å². The predicted octanol–water partition coefficient (Wildman–Crippen LogP) is 5.54. The van der Waals surface area contributed by atoms with Crippen LogP contribution >= 0.6 is 34.8 Å².